The average molecular weight is 329 g/mol. The molecule has 0 spiro atoms. The zero-order valence-electron chi connectivity index (χ0n) is 10.9. The molecule has 1 atom stereocenters. The van der Waals surface area contributed by atoms with Crippen LogP contribution in [-0.2, 0) is 5.60 Å². The molecule has 98 valence electrons. The molecule has 0 amide bonds. The van der Waals surface area contributed by atoms with E-state index in [1.165, 1.54) is 0 Å². The number of aromatic nitrogens is 2. The van der Waals surface area contributed by atoms with Crippen LogP contribution in [0.2, 0.25) is 0 Å². The van der Waals surface area contributed by atoms with Gasteiger partial charge in [-0.2, -0.15) is 5.10 Å². The fourth-order valence-corrected chi connectivity index (χ4v) is 3.81. The first kappa shape index (κ1) is 13.8. The Kier molecular flexibility index (Phi) is 3.67. The second kappa shape index (κ2) is 4.79. The van der Waals surface area contributed by atoms with Crippen LogP contribution in [0, 0.1) is 6.92 Å². The summed E-state index contributed by atoms with van der Waals surface area (Å²) in [6, 6.07) is 2.23. The molecular formula is C13H17BrN2OS. The minimum absolute atomic E-state index is 0.207. The lowest BCUT2D eigenvalue weighted by Gasteiger charge is -2.26. The van der Waals surface area contributed by atoms with E-state index in [4.69, 9.17) is 0 Å². The Morgan fingerprint density at radius 1 is 1.50 bits per heavy atom. The highest BCUT2D eigenvalue weighted by Gasteiger charge is 2.35. The van der Waals surface area contributed by atoms with Crippen LogP contribution in [0.5, 0.6) is 0 Å². The van der Waals surface area contributed by atoms with Crippen molar-refractivity contribution >= 4 is 27.3 Å². The summed E-state index contributed by atoms with van der Waals surface area (Å²) < 4.78 is 2.71. The molecule has 0 radical (unpaired) electrons. The SMILES string of the molecule is Cc1ccsc1C(C)(O)c1c(Br)cnn1C(C)C. The summed E-state index contributed by atoms with van der Waals surface area (Å²) in [4.78, 5) is 0.964. The van der Waals surface area contributed by atoms with Crippen molar-refractivity contribution in [2.45, 2.75) is 39.3 Å². The van der Waals surface area contributed by atoms with Gasteiger partial charge in [0.05, 0.1) is 16.4 Å². The Bertz CT molecular complexity index is 557. The van der Waals surface area contributed by atoms with E-state index in [1.807, 2.05) is 30.0 Å². The van der Waals surface area contributed by atoms with Crippen molar-refractivity contribution in [3.05, 3.63) is 38.3 Å². The van der Waals surface area contributed by atoms with Crippen molar-refractivity contribution in [2.24, 2.45) is 0 Å². The van der Waals surface area contributed by atoms with Crippen LogP contribution in [0.25, 0.3) is 0 Å². The maximum Gasteiger partial charge on any atom is 0.139 e. The lowest BCUT2D eigenvalue weighted by Crippen LogP contribution is -2.28. The Morgan fingerprint density at radius 3 is 2.67 bits per heavy atom. The molecule has 5 heteroatoms. The second-order valence-electron chi connectivity index (χ2n) is 4.88. The zero-order chi connectivity index (χ0) is 13.5. The second-order valence-corrected chi connectivity index (χ2v) is 6.65. The molecule has 2 heterocycles. The van der Waals surface area contributed by atoms with Crippen LogP contribution < -0.4 is 0 Å². The molecule has 0 saturated heterocycles. The third kappa shape index (κ3) is 2.15. The van der Waals surface area contributed by atoms with Crippen molar-refractivity contribution < 1.29 is 5.11 Å². The minimum atomic E-state index is -1.03. The number of thiophene rings is 1. The number of aryl methyl sites for hydroxylation is 1. The van der Waals surface area contributed by atoms with Gasteiger partial charge in [-0.3, -0.25) is 4.68 Å². The smallest absolute Gasteiger partial charge is 0.139 e. The summed E-state index contributed by atoms with van der Waals surface area (Å²) in [5.41, 5.74) is 0.883. The van der Waals surface area contributed by atoms with E-state index < -0.39 is 5.60 Å². The van der Waals surface area contributed by atoms with E-state index in [9.17, 15) is 5.11 Å². The zero-order valence-corrected chi connectivity index (χ0v) is 13.3. The molecular weight excluding hydrogens is 312 g/mol. The molecule has 0 aliphatic heterocycles. The number of aliphatic hydroxyl groups is 1. The van der Waals surface area contributed by atoms with Crippen molar-refractivity contribution in [1.29, 1.82) is 0 Å². The van der Waals surface area contributed by atoms with E-state index >= 15 is 0 Å². The standard InChI is InChI=1S/C13H17BrN2OS/c1-8(2)16-11(10(14)7-15-16)13(4,17)12-9(3)5-6-18-12/h5-8,17H,1-4H3. The lowest BCUT2D eigenvalue weighted by molar-refractivity contribution is 0.0924. The fraction of sp³-hybridized carbons (Fsp3) is 0.462. The van der Waals surface area contributed by atoms with Gasteiger partial charge in [0.2, 0.25) is 0 Å². The summed E-state index contributed by atoms with van der Waals surface area (Å²) in [6.45, 7) is 7.96. The Hall–Kier alpha value is -0.650. The highest BCUT2D eigenvalue weighted by molar-refractivity contribution is 9.10. The topological polar surface area (TPSA) is 38.1 Å². The lowest BCUT2D eigenvalue weighted by atomic mass is 9.97. The predicted molar refractivity (Wildman–Crippen MR) is 78.0 cm³/mol. The van der Waals surface area contributed by atoms with Gasteiger partial charge in [-0.05, 0) is 60.6 Å². The van der Waals surface area contributed by atoms with E-state index in [0.717, 1.165) is 20.6 Å². The third-order valence-electron chi connectivity index (χ3n) is 3.01. The number of hydrogen-bond donors (Lipinski definition) is 1. The molecule has 1 unspecified atom stereocenters. The van der Waals surface area contributed by atoms with Gasteiger partial charge >= 0.3 is 0 Å². The van der Waals surface area contributed by atoms with Gasteiger partial charge < -0.3 is 5.11 Å². The Labute approximate surface area is 120 Å². The van der Waals surface area contributed by atoms with E-state index in [1.54, 1.807) is 17.5 Å². The van der Waals surface area contributed by atoms with Gasteiger partial charge in [0.1, 0.15) is 5.60 Å². The number of halogens is 1. The van der Waals surface area contributed by atoms with Gasteiger partial charge in [0, 0.05) is 10.9 Å². The van der Waals surface area contributed by atoms with Crippen molar-refractivity contribution in [2.75, 3.05) is 0 Å². The van der Waals surface area contributed by atoms with Gasteiger partial charge in [-0.15, -0.1) is 11.3 Å². The Morgan fingerprint density at radius 2 is 2.17 bits per heavy atom. The number of nitrogens with zero attached hydrogens (tertiary/aromatic N) is 2. The molecule has 2 aromatic heterocycles. The van der Waals surface area contributed by atoms with Crippen LogP contribution in [0.4, 0.5) is 0 Å². The molecule has 18 heavy (non-hydrogen) atoms. The largest absolute Gasteiger partial charge is 0.378 e. The molecule has 0 aliphatic rings. The first-order chi connectivity index (χ1) is 8.35. The van der Waals surface area contributed by atoms with Crippen LogP contribution in [0.1, 0.15) is 42.9 Å². The van der Waals surface area contributed by atoms with Crippen LogP contribution in [0.3, 0.4) is 0 Å². The summed E-state index contributed by atoms with van der Waals surface area (Å²) in [6.07, 6.45) is 1.74. The van der Waals surface area contributed by atoms with Crippen LogP contribution in [0.15, 0.2) is 22.1 Å². The first-order valence-electron chi connectivity index (χ1n) is 5.86. The van der Waals surface area contributed by atoms with E-state index in [-0.39, 0.29) is 6.04 Å². The molecule has 2 rings (SSSR count). The van der Waals surface area contributed by atoms with E-state index in [2.05, 4.69) is 34.9 Å². The quantitative estimate of drug-likeness (QED) is 0.929. The highest BCUT2D eigenvalue weighted by atomic mass is 79.9. The third-order valence-corrected chi connectivity index (χ3v) is 4.81. The fourth-order valence-electron chi connectivity index (χ4n) is 2.17. The van der Waals surface area contributed by atoms with E-state index in [0.29, 0.717) is 0 Å². The maximum absolute atomic E-state index is 10.9. The Balaban J connectivity index is 2.61. The van der Waals surface area contributed by atoms with Crippen molar-refractivity contribution in [1.82, 2.24) is 9.78 Å². The molecule has 1 N–H and O–H groups in total. The highest BCUT2D eigenvalue weighted by Crippen LogP contribution is 2.39. The summed E-state index contributed by atoms with van der Waals surface area (Å²) in [7, 11) is 0. The van der Waals surface area contributed by atoms with Gasteiger partial charge in [-0.1, -0.05) is 0 Å². The number of hydrogen-bond acceptors (Lipinski definition) is 3. The molecule has 2 aromatic rings. The van der Waals surface area contributed by atoms with Crippen molar-refractivity contribution in [3.63, 3.8) is 0 Å². The molecule has 0 aromatic carbocycles. The van der Waals surface area contributed by atoms with Gasteiger partial charge in [0.15, 0.2) is 0 Å². The first-order valence-corrected chi connectivity index (χ1v) is 7.53. The van der Waals surface area contributed by atoms with Crippen LogP contribution in [-0.4, -0.2) is 14.9 Å². The van der Waals surface area contributed by atoms with Crippen molar-refractivity contribution in [3.8, 4) is 0 Å². The van der Waals surface area contributed by atoms with Crippen LogP contribution >= 0.6 is 27.3 Å². The minimum Gasteiger partial charge on any atom is -0.378 e. The molecule has 0 aliphatic carbocycles. The number of rotatable bonds is 3. The summed E-state index contributed by atoms with van der Waals surface area (Å²) in [5.74, 6) is 0. The summed E-state index contributed by atoms with van der Waals surface area (Å²) >= 11 is 5.06. The summed E-state index contributed by atoms with van der Waals surface area (Å²) in [5, 5.41) is 17.3. The normalized spacial score (nSPS) is 15.1. The maximum atomic E-state index is 10.9. The predicted octanol–water partition coefficient (Wildman–Crippen LogP) is 3.85. The molecule has 3 nitrogen and oxygen atoms in total. The average Bonchev–Trinajstić information content (AvgIpc) is 2.84. The van der Waals surface area contributed by atoms with Gasteiger partial charge in [0.25, 0.3) is 0 Å². The monoisotopic (exact) mass is 328 g/mol. The van der Waals surface area contributed by atoms with Gasteiger partial charge in [-0.25, -0.2) is 0 Å². The molecule has 0 fully saturated rings. The molecule has 0 saturated carbocycles. The molecule has 0 bridgehead atoms.